The average Bonchev–Trinajstić information content (AvgIpc) is 2.31. The number of aryl methyl sites for hydroxylation is 2. The van der Waals surface area contributed by atoms with Crippen LogP contribution in [0, 0.1) is 6.92 Å². The van der Waals surface area contributed by atoms with Gasteiger partial charge in [0.15, 0.2) is 0 Å². The van der Waals surface area contributed by atoms with Gasteiger partial charge in [-0.2, -0.15) is 5.10 Å². The molecule has 0 saturated carbocycles. The van der Waals surface area contributed by atoms with Gasteiger partial charge in [0.1, 0.15) is 0 Å². The van der Waals surface area contributed by atoms with Crippen LogP contribution in [0.1, 0.15) is 11.4 Å². The van der Waals surface area contributed by atoms with Crippen molar-refractivity contribution in [1.29, 1.82) is 0 Å². The second kappa shape index (κ2) is 3.57. The van der Waals surface area contributed by atoms with Gasteiger partial charge in [0, 0.05) is 19.2 Å². The molecule has 0 spiro atoms. The van der Waals surface area contributed by atoms with Gasteiger partial charge in [0.2, 0.25) is 5.91 Å². The summed E-state index contributed by atoms with van der Waals surface area (Å²) in [5, 5.41) is 4.16. The Morgan fingerprint density at radius 1 is 1.77 bits per heavy atom. The van der Waals surface area contributed by atoms with Crippen molar-refractivity contribution in [2.75, 3.05) is 0 Å². The summed E-state index contributed by atoms with van der Waals surface area (Å²) < 4.78 is 1.74. The number of hydrogen-bond acceptors (Lipinski definition) is 3. The highest BCUT2D eigenvalue weighted by molar-refractivity contribution is 5.79. The van der Waals surface area contributed by atoms with Gasteiger partial charge in [-0.05, 0) is 13.0 Å². The van der Waals surface area contributed by atoms with Gasteiger partial charge in [-0.3, -0.25) is 9.48 Å². The Morgan fingerprint density at radius 2 is 2.38 bits per heavy atom. The van der Waals surface area contributed by atoms with Crippen LogP contribution in [0.5, 0.6) is 0 Å². The normalized spacial score (nSPS) is 12.8. The molecule has 5 nitrogen and oxygen atoms in total. The summed E-state index contributed by atoms with van der Waals surface area (Å²) in [5.74, 6) is -0.497. The summed E-state index contributed by atoms with van der Waals surface area (Å²) in [6.45, 7) is 1.94. The molecule has 0 saturated heterocycles. The standard InChI is InChI=1S/C8H14N4O/c1-5-3-6(11-12(5)2)4-7(9)8(10)13/h3,7H,4,9H2,1-2H3,(H2,10,13). The van der Waals surface area contributed by atoms with Gasteiger partial charge in [-0.1, -0.05) is 0 Å². The van der Waals surface area contributed by atoms with Gasteiger partial charge in [-0.15, -0.1) is 0 Å². The quantitative estimate of drug-likeness (QED) is 0.634. The molecular weight excluding hydrogens is 168 g/mol. The van der Waals surface area contributed by atoms with Crippen molar-refractivity contribution < 1.29 is 4.79 Å². The van der Waals surface area contributed by atoms with Crippen LogP contribution < -0.4 is 11.5 Å². The number of primary amides is 1. The van der Waals surface area contributed by atoms with Crippen LogP contribution in [0.25, 0.3) is 0 Å². The highest BCUT2D eigenvalue weighted by Crippen LogP contribution is 2.03. The van der Waals surface area contributed by atoms with E-state index in [9.17, 15) is 4.79 Å². The van der Waals surface area contributed by atoms with E-state index >= 15 is 0 Å². The number of amides is 1. The summed E-state index contributed by atoms with van der Waals surface area (Å²) in [6, 6.07) is 1.25. The van der Waals surface area contributed by atoms with Gasteiger partial charge in [0.05, 0.1) is 11.7 Å². The average molecular weight is 182 g/mol. The summed E-state index contributed by atoms with van der Waals surface area (Å²) >= 11 is 0. The maximum Gasteiger partial charge on any atom is 0.234 e. The van der Waals surface area contributed by atoms with Crippen LogP contribution in [0.2, 0.25) is 0 Å². The van der Waals surface area contributed by atoms with E-state index in [1.54, 1.807) is 4.68 Å². The van der Waals surface area contributed by atoms with Crippen molar-refractivity contribution in [2.45, 2.75) is 19.4 Å². The first kappa shape index (κ1) is 9.73. The number of hydrogen-bond donors (Lipinski definition) is 2. The summed E-state index contributed by atoms with van der Waals surface area (Å²) in [4.78, 5) is 10.7. The Morgan fingerprint density at radius 3 is 2.77 bits per heavy atom. The molecule has 5 heteroatoms. The lowest BCUT2D eigenvalue weighted by atomic mass is 10.1. The number of nitrogens with two attached hydrogens (primary N) is 2. The van der Waals surface area contributed by atoms with Crippen LogP contribution in [0.15, 0.2) is 6.07 Å². The third-order valence-electron chi connectivity index (χ3n) is 1.96. The first-order valence-electron chi connectivity index (χ1n) is 4.05. The Bertz CT molecular complexity index is 298. The maximum absolute atomic E-state index is 10.7. The number of carbonyl (C=O) groups is 1. The molecule has 1 heterocycles. The largest absolute Gasteiger partial charge is 0.368 e. The molecule has 1 aromatic heterocycles. The third-order valence-corrected chi connectivity index (χ3v) is 1.96. The number of carbonyl (C=O) groups excluding carboxylic acids is 1. The molecule has 1 amide bonds. The molecule has 1 rings (SSSR count). The van der Waals surface area contributed by atoms with E-state index in [0.717, 1.165) is 11.4 Å². The topological polar surface area (TPSA) is 86.9 Å². The lowest BCUT2D eigenvalue weighted by molar-refractivity contribution is -0.119. The predicted octanol–water partition coefficient (Wildman–Crippen LogP) is -0.916. The van der Waals surface area contributed by atoms with E-state index in [4.69, 9.17) is 11.5 Å². The molecule has 1 unspecified atom stereocenters. The Kier molecular flexibility index (Phi) is 2.67. The van der Waals surface area contributed by atoms with E-state index in [1.807, 2.05) is 20.0 Å². The molecule has 0 aliphatic heterocycles. The summed E-state index contributed by atoms with van der Waals surface area (Å²) in [5.41, 5.74) is 12.3. The lowest BCUT2D eigenvalue weighted by Crippen LogP contribution is -2.38. The Labute approximate surface area is 76.7 Å². The molecule has 13 heavy (non-hydrogen) atoms. The fraction of sp³-hybridized carbons (Fsp3) is 0.500. The van der Waals surface area contributed by atoms with Crippen LogP contribution in [0.4, 0.5) is 0 Å². The van der Waals surface area contributed by atoms with E-state index < -0.39 is 11.9 Å². The Balaban J connectivity index is 2.69. The van der Waals surface area contributed by atoms with Crippen LogP contribution in [-0.2, 0) is 18.3 Å². The molecule has 1 atom stereocenters. The summed E-state index contributed by atoms with van der Waals surface area (Å²) in [6.07, 6.45) is 0.400. The first-order chi connectivity index (χ1) is 6.00. The molecule has 1 aromatic rings. The van der Waals surface area contributed by atoms with E-state index in [2.05, 4.69) is 5.10 Å². The van der Waals surface area contributed by atoms with Gasteiger partial charge in [-0.25, -0.2) is 0 Å². The van der Waals surface area contributed by atoms with Crippen molar-refractivity contribution in [3.05, 3.63) is 17.5 Å². The van der Waals surface area contributed by atoms with Gasteiger partial charge < -0.3 is 11.5 Å². The zero-order valence-corrected chi connectivity index (χ0v) is 7.82. The number of rotatable bonds is 3. The monoisotopic (exact) mass is 182 g/mol. The first-order valence-corrected chi connectivity index (χ1v) is 4.05. The highest BCUT2D eigenvalue weighted by atomic mass is 16.1. The van der Waals surface area contributed by atoms with Crippen molar-refractivity contribution in [2.24, 2.45) is 18.5 Å². The fourth-order valence-corrected chi connectivity index (χ4v) is 1.06. The number of aromatic nitrogens is 2. The fourth-order valence-electron chi connectivity index (χ4n) is 1.06. The van der Waals surface area contributed by atoms with Crippen molar-refractivity contribution in [1.82, 2.24) is 9.78 Å². The highest BCUT2D eigenvalue weighted by Gasteiger charge is 2.12. The zero-order chi connectivity index (χ0) is 10.0. The SMILES string of the molecule is Cc1cc(CC(N)C(N)=O)nn1C. The minimum absolute atomic E-state index is 0.400. The minimum atomic E-state index is -0.644. The predicted molar refractivity (Wildman–Crippen MR) is 48.8 cm³/mol. The smallest absolute Gasteiger partial charge is 0.234 e. The van der Waals surface area contributed by atoms with E-state index in [0.29, 0.717) is 6.42 Å². The third kappa shape index (κ3) is 2.29. The molecule has 0 aliphatic carbocycles. The molecule has 0 aliphatic rings. The molecule has 0 bridgehead atoms. The molecule has 0 radical (unpaired) electrons. The molecule has 0 aromatic carbocycles. The Hall–Kier alpha value is -1.36. The van der Waals surface area contributed by atoms with Crippen LogP contribution in [-0.4, -0.2) is 21.7 Å². The molecule has 72 valence electrons. The van der Waals surface area contributed by atoms with Crippen molar-refractivity contribution >= 4 is 5.91 Å². The van der Waals surface area contributed by atoms with Crippen LogP contribution in [0.3, 0.4) is 0 Å². The van der Waals surface area contributed by atoms with Gasteiger partial charge in [0.25, 0.3) is 0 Å². The lowest BCUT2D eigenvalue weighted by Gasteiger charge is -2.03. The van der Waals surface area contributed by atoms with Gasteiger partial charge >= 0.3 is 0 Å². The van der Waals surface area contributed by atoms with Crippen LogP contribution >= 0.6 is 0 Å². The van der Waals surface area contributed by atoms with Crippen molar-refractivity contribution in [3.8, 4) is 0 Å². The molecule has 4 N–H and O–H groups in total. The maximum atomic E-state index is 10.7. The van der Waals surface area contributed by atoms with Crippen molar-refractivity contribution in [3.63, 3.8) is 0 Å². The van der Waals surface area contributed by atoms with E-state index in [-0.39, 0.29) is 0 Å². The molecular formula is C8H14N4O. The number of nitrogens with zero attached hydrogens (tertiary/aromatic N) is 2. The zero-order valence-electron chi connectivity index (χ0n) is 7.82. The van der Waals surface area contributed by atoms with E-state index in [1.165, 1.54) is 0 Å². The summed E-state index contributed by atoms with van der Waals surface area (Å²) in [7, 11) is 1.84. The minimum Gasteiger partial charge on any atom is -0.368 e. The second-order valence-corrected chi connectivity index (χ2v) is 3.11. The molecule has 0 fully saturated rings. The second-order valence-electron chi connectivity index (χ2n) is 3.11.